The third kappa shape index (κ3) is 3.67. The van der Waals surface area contributed by atoms with E-state index in [2.05, 4.69) is 17.2 Å². The molecule has 150 valence electrons. The van der Waals surface area contributed by atoms with E-state index < -0.39 is 0 Å². The molecule has 0 bridgehead atoms. The van der Waals surface area contributed by atoms with Crippen LogP contribution in [0.1, 0.15) is 25.7 Å². The van der Waals surface area contributed by atoms with E-state index in [0.717, 1.165) is 66.9 Å². The fraction of sp³-hybridized carbons (Fsp3) is 0.391. The fourth-order valence-corrected chi connectivity index (χ4v) is 4.02. The molecule has 3 heterocycles. The van der Waals surface area contributed by atoms with Crippen LogP contribution in [0.5, 0.6) is 11.5 Å². The molecule has 1 aliphatic heterocycles. The number of rotatable bonds is 5. The molecule has 1 saturated heterocycles. The Morgan fingerprint density at radius 1 is 1.03 bits per heavy atom. The Morgan fingerprint density at radius 2 is 1.79 bits per heavy atom. The maximum Gasteiger partial charge on any atom is 0.225 e. The molecule has 6 heteroatoms. The number of hydrogen-bond donors (Lipinski definition) is 0. The summed E-state index contributed by atoms with van der Waals surface area (Å²) in [5, 5.41) is 4.33. The van der Waals surface area contributed by atoms with Crippen molar-refractivity contribution in [1.82, 2.24) is 14.5 Å². The Labute approximate surface area is 170 Å². The molecule has 2 fully saturated rings. The quantitative estimate of drug-likeness (QED) is 0.664. The van der Waals surface area contributed by atoms with E-state index in [1.807, 2.05) is 39.9 Å². The molecule has 5 rings (SSSR count). The van der Waals surface area contributed by atoms with Crippen LogP contribution in [-0.4, -0.2) is 46.7 Å². The van der Waals surface area contributed by atoms with Gasteiger partial charge < -0.3 is 14.4 Å². The second kappa shape index (κ2) is 7.43. The van der Waals surface area contributed by atoms with Gasteiger partial charge in [0.25, 0.3) is 0 Å². The Kier molecular flexibility index (Phi) is 4.62. The van der Waals surface area contributed by atoms with Crippen LogP contribution in [-0.2, 0) is 4.79 Å². The van der Waals surface area contributed by atoms with E-state index in [1.54, 1.807) is 13.3 Å². The van der Waals surface area contributed by atoms with Crippen LogP contribution in [0.15, 0.2) is 48.8 Å². The summed E-state index contributed by atoms with van der Waals surface area (Å²) in [6.07, 6.45) is 7.87. The van der Waals surface area contributed by atoms with Crippen LogP contribution < -0.4 is 9.47 Å². The standard InChI is InChI=1S/C23H25N3O3/c1-28-22-14-18(15-26-21(22)8-11-24-26)16-4-6-19(7-5-16)29-20-9-12-25(13-10-20)23(27)17-2-3-17/h4-8,11,14-15,17,20H,2-3,9-10,12-13H2,1H3. The summed E-state index contributed by atoms with van der Waals surface area (Å²) in [7, 11) is 1.67. The summed E-state index contributed by atoms with van der Waals surface area (Å²) in [4.78, 5) is 14.2. The third-order valence-corrected chi connectivity index (χ3v) is 5.86. The van der Waals surface area contributed by atoms with E-state index in [4.69, 9.17) is 9.47 Å². The summed E-state index contributed by atoms with van der Waals surface area (Å²) >= 11 is 0. The van der Waals surface area contributed by atoms with Gasteiger partial charge in [-0.15, -0.1) is 0 Å². The van der Waals surface area contributed by atoms with E-state index in [9.17, 15) is 4.79 Å². The van der Waals surface area contributed by atoms with Crippen molar-refractivity contribution < 1.29 is 14.3 Å². The minimum atomic E-state index is 0.171. The largest absolute Gasteiger partial charge is 0.494 e. The molecule has 1 amide bonds. The number of amides is 1. The first-order valence-electron chi connectivity index (χ1n) is 10.3. The lowest BCUT2D eigenvalue weighted by Crippen LogP contribution is -2.42. The van der Waals surface area contributed by atoms with Crippen molar-refractivity contribution in [3.8, 4) is 22.6 Å². The molecule has 2 aromatic heterocycles. The summed E-state index contributed by atoms with van der Waals surface area (Å²) < 4.78 is 13.5. The Hall–Kier alpha value is -3.02. The van der Waals surface area contributed by atoms with Crippen LogP contribution in [0.2, 0.25) is 0 Å². The van der Waals surface area contributed by atoms with Crippen molar-refractivity contribution in [3.63, 3.8) is 0 Å². The molecule has 1 aliphatic carbocycles. The molecule has 0 spiro atoms. The molecule has 3 aromatic rings. The lowest BCUT2D eigenvalue weighted by atomic mass is 10.1. The average Bonchev–Trinajstić information content (AvgIpc) is 3.50. The number of fused-ring (bicyclic) bond motifs is 1. The van der Waals surface area contributed by atoms with E-state index in [0.29, 0.717) is 11.8 Å². The van der Waals surface area contributed by atoms with Gasteiger partial charge in [-0.25, -0.2) is 4.52 Å². The van der Waals surface area contributed by atoms with Crippen molar-refractivity contribution in [2.24, 2.45) is 5.92 Å². The maximum absolute atomic E-state index is 12.2. The number of likely N-dealkylation sites (tertiary alicyclic amines) is 1. The number of carbonyl (C=O) groups is 1. The second-order valence-electron chi connectivity index (χ2n) is 7.90. The monoisotopic (exact) mass is 391 g/mol. The molecule has 0 N–H and O–H groups in total. The van der Waals surface area contributed by atoms with Crippen LogP contribution in [0, 0.1) is 5.92 Å². The first-order chi connectivity index (χ1) is 14.2. The number of hydrogen-bond acceptors (Lipinski definition) is 4. The van der Waals surface area contributed by atoms with Crippen LogP contribution in [0.4, 0.5) is 0 Å². The molecule has 2 aliphatic rings. The van der Waals surface area contributed by atoms with Gasteiger partial charge in [0.15, 0.2) is 0 Å². The van der Waals surface area contributed by atoms with Gasteiger partial charge in [0.1, 0.15) is 23.1 Å². The zero-order valence-electron chi connectivity index (χ0n) is 16.6. The Bertz CT molecular complexity index is 1020. The summed E-state index contributed by atoms with van der Waals surface area (Å²) in [6, 6.07) is 12.1. The Balaban J connectivity index is 1.24. The lowest BCUT2D eigenvalue weighted by Gasteiger charge is -2.32. The molecule has 0 atom stereocenters. The zero-order valence-corrected chi connectivity index (χ0v) is 16.6. The van der Waals surface area contributed by atoms with Crippen molar-refractivity contribution in [2.45, 2.75) is 31.8 Å². The zero-order chi connectivity index (χ0) is 19.8. The number of nitrogens with zero attached hydrogens (tertiary/aromatic N) is 3. The van der Waals surface area contributed by atoms with Crippen molar-refractivity contribution in [2.75, 3.05) is 20.2 Å². The van der Waals surface area contributed by atoms with E-state index in [1.165, 1.54) is 0 Å². The van der Waals surface area contributed by atoms with Gasteiger partial charge in [-0.05, 0) is 42.7 Å². The molecule has 1 saturated carbocycles. The fourth-order valence-electron chi connectivity index (χ4n) is 4.02. The van der Waals surface area contributed by atoms with Crippen LogP contribution in [0.3, 0.4) is 0 Å². The number of piperidine rings is 1. The minimum Gasteiger partial charge on any atom is -0.494 e. The van der Waals surface area contributed by atoms with Crippen LogP contribution in [0.25, 0.3) is 16.6 Å². The molecule has 0 unspecified atom stereocenters. The summed E-state index contributed by atoms with van der Waals surface area (Å²) in [5.41, 5.74) is 3.07. The van der Waals surface area contributed by atoms with Crippen molar-refractivity contribution >= 4 is 11.4 Å². The molecule has 29 heavy (non-hydrogen) atoms. The highest BCUT2D eigenvalue weighted by molar-refractivity contribution is 5.81. The van der Waals surface area contributed by atoms with Crippen molar-refractivity contribution in [1.29, 1.82) is 0 Å². The summed E-state index contributed by atoms with van der Waals surface area (Å²) in [5.74, 6) is 2.32. The molecule has 6 nitrogen and oxygen atoms in total. The highest BCUT2D eigenvalue weighted by Crippen LogP contribution is 2.33. The van der Waals surface area contributed by atoms with Crippen molar-refractivity contribution in [3.05, 3.63) is 48.8 Å². The molecule has 0 radical (unpaired) electrons. The van der Waals surface area contributed by atoms with Gasteiger partial charge in [-0.1, -0.05) is 12.1 Å². The normalized spacial score (nSPS) is 17.5. The predicted molar refractivity (Wildman–Crippen MR) is 110 cm³/mol. The highest BCUT2D eigenvalue weighted by atomic mass is 16.5. The third-order valence-electron chi connectivity index (χ3n) is 5.86. The first-order valence-corrected chi connectivity index (χ1v) is 10.3. The van der Waals surface area contributed by atoms with Gasteiger partial charge in [0.05, 0.1) is 13.3 Å². The van der Waals surface area contributed by atoms with E-state index >= 15 is 0 Å². The number of pyridine rings is 1. The number of methoxy groups -OCH3 is 1. The average molecular weight is 391 g/mol. The summed E-state index contributed by atoms with van der Waals surface area (Å²) in [6.45, 7) is 1.61. The molecular formula is C23H25N3O3. The minimum absolute atomic E-state index is 0.171. The highest BCUT2D eigenvalue weighted by Gasteiger charge is 2.35. The Morgan fingerprint density at radius 3 is 2.48 bits per heavy atom. The van der Waals surface area contributed by atoms with Gasteiger partial charge in [0, 0.05) is 43.6 Å². The van der Waals surface area contributed by atoms with Gasteiger partial charge in [-0.2, -0.15) is 5.10 Å². The van der Waals surface area contributed by atoms with Gasteiger partial charge in [-0.3, -0.25) is 4.79 Å². The number of ether oxygens (including phenoxy) is 2. The smallest absolute Gasteiger partial charge is 0.225 e. The number of carbonyl (C=O) groups excluding carboxylic acids is 1. The predicted octanol–water partition coefficient (Wildman–Crippen LogP) is 3.79. The van der Waals surface area contributed by atoms with E-state index in [-0.39, 0.29) is 6.10 Å². The lowest BCUT2D eigenvalue weighted by molar-refractivity contribution is -0.134. The first kappa shape index (κ1) is 18.0. The maximum atomic E-state index is 12.2. The second-order valence-corrected chi connectivity index (χ2v) is 7.90. The van der Waals surface area contributed by atoms with Gasteiger partial charge in [0.2, 0.25) is 5.91 Å². The topological polar surface area (TPSA) is 56.1 Å². The van der Waals surface area contributed by atoms with Gasteiger partial charge >= 0.3 is 0 Å². The molecular weight excluding hydrogens is 366 g/mol. The number of aromatic nitrogens is 2. The molecule has 1 aromatic carbocycles. The SMILES string of the molecule is COc1cc(-c2ccc(OC3CCN(C(=O)C4CC4)CC3)cc2)cn2nccc12. The van der Waals surface area contributed by atoms with Crippen LogP contribution >= 0.6 is 0 Å². The number of benzene rings is 1.